The lowest BCUT2D eigenvalue weighted by molar-refractivity contribution is 0.330. The smallest absolute Gasteiger partial charge is 0.126 e. The van der Waals surface area contributed by atoms with E-state index >= 15 is 0 Å². The molecule has 0 nitrogen and oxygen atoms in total. The predicted molar refractivity (Wildman–Crippen MR) is 75.3 cm³/mol. The van der Waals surface area contributed by atoms with E-state index in [4.69, 9.17) is 0 Å². The fourth-order valence-corrected chi connectivity index (χ4v) is 3.03. The van der Waals surface area contributed by atoms with E-state index in [0.717, 1.165) is 23.5 Å². The minimum atomic E-state index is -0.0558. The summed E-state index contributed by atoms with van der Waals surface area (Å²) in [5, 5.41) is 0. The summed E-state index contributed by atoms with van der Waals surface area (Å²) in [6.07, 6.45) is 12.1. The van der Waals surface area contributed by atoms with Crippen LogP contribution in [0.3, 0.4) is 0 Å². The van der Waals surface area contributed by atoms with E-state index in [0.29, 0.717) is 0 Å². The Morgan fingerprint density at radius 2 is 1.89 bits per heavy atom. The predicted octanol–water partition coefficient (Wildman–Crippen LogP) is 5.43. The minimum absolute atomic E-state index is 0.0558. The van der Waals surface area contributed by atoms with Crippen LogP contribution in [-0.4, -0.2) is 0 Å². The van der Waals surface area contributed by atoms with Gasteiger partial charge in [0.25, 0.3) is 0 Å². The molecule has 1 fully saturated rings. The van der Waals surface area contributed by atoms with Gasteiger partial charge < -0.3 is 0 Å². The largest absolute Gasteiger partial charge is 0.207 e. The van der Waals surface area contributed by atoms with E-state index in [1.54, 1.807) is 6.07 Å². The normalized spacial score (nSPS) is 17.0. The van der Waals surface area contributed by atoms with Gasteiger partial charge in [0.05, 0.1) is 0 Å². The van der Waals surface area contributed by atoms with Crippen LogP contribution in [0, 0.1) is 18.7 Å². The minimum Gasteiger partial charge on any atom is -0.207 e. The first kappa shape index (κ1) is 13.6. The van der Waals surface area contributed by atoms with E-state index < -0.39 is 0 Å². The zero-order chi connectivity index (χ0) is 12.8. The summed E-state index contributed by atoms with van der Waals surface area (Å²) in [5.41, 5.74) is 1.91. The summed E-state index contributed by atoms with van der Waals surface area (Å²) in [6, 6.07) is 5.67. The molecule has 1 aliphatic carbocycles. The second kappa shape index (κ2) is 6.92. The first-order valence-corrected chi connectivity index (χ1v) is 7.51. The fourth-order valence-electron chi connectivity index (χ4n) is 3.03. The quantitative estimate of drug-likeness (QED) is 0.610. The summed E-state index contributed by atoms with van der Waals surface area (Å²) < 4.78 is 13.4. The third-order valence-electron chi connectivity index (χ3n) is 4.29. The van der Waals surface area contributed by atoms with Gasteiger partial charge in [-0.05, 0) is 42.9 Å². The van der Waals surface area contributed by atoms with Crippen molar-refractivity contribution in [2.75, 3.05) is 0 Å². The molecule has 1 heteroatoms. The van der Waals surface area contributed by atoms with Crippen LogP contribution in [0.15, 0.2) is 18.2 Å². The van der Waals surface area contributed by atoms with Crippen LogP contribution < -0.4 is 0 Å². The molecule has 1 aliphatic rings. The number of halogens is 1. The molecule has 1 aromatic rings. The van der Waals surface area contributed by atoms with E-state index in [-0.39, 0.29) is 5.82 Å². The van der Waals surface area contributed by atoms with Crippen LogP contribution in [0.1, 0.15) is 62.5 Å². The molecule has 0 amide bonds. The van der Waals surface area contributed by atoms with Crippen molar-refractivity contribution in [1.29, 1.82) is 0 Å². The van der Waals surface area contributed by atoms with Crippen molar-refractivity contribution >= 4 is 0 Å². The molecule has 18 heavy (non-hydrogen) atoms. The Bertz CT molecular complexity index is 364. The molecule has 0 atom stereocenters. The SMILES string of the molecule is Cc1ccc(CCCCC2CCCCC2)cc1F. The molecule has 0 aromatic heterocycles. The Morgan fingerprint density at radius 3 is 2.61 bits per heavy atom. The van der Waals surface area contributed by atoms with E-state index in [9.17, 15) is 4.39 Å². The molecule has 0 heterocycles. The lowest BCUT2D eigenvalue weighted by Gasteiger charge is -2.21. The maximum absolute atomic E-state index is 13.4. The van der Waals surface area contributed by atoms with E-state index in [2.05, 4.69) is 6.07 Å². The van der Waals surface area contributed by atoms with Crippen molar-refractivity contribution in [3.8, 4) is 0 Å². The summed E-state index contributed by atoms with van der Waals surface area (Å²) in [6.45, 7) is 1.82. The lowest BCUT2D eigenvalue weighted by Crippen LogP contribution is -2.05. The van der Waals surface area contributed by atoms with Crippen molar-refractivity contribution in [3.05, 3.63) is 35.1 Å². The van der Waals surface area contributed by atoms with Crippen LogP contribution in [0.5, 0.6) is 0 Å². The molecule has 0 spiro atoms. The van der Waals surface area contributed by atoms with E-state index in [1.165, 1.54) is 51.4 Å². The molecule has 2 rings (SSSR count). The lowest BCUT2D eigenvalue weighted by atomic mass is 9.85. The Labute approximate surface area is 111 Å². The molecule has 0 saturated heterocycles. The summed E-state index contributed by atoms with van der Waals surface area (Å²) >= 11 is 0. The number of rotatable bonds is 5. The summed E-state index contributed by atoms with van der Waals surface area (Å²) in [5.74, 6) is 0.924. The van der Waals surface area contributed by atoms with Crippen molar-refractivity contribution in [1.82, 2.24) is 0 Å². The van der Waals surface area contributed by atoms with Gasteiger partial charge in [0, 0.05) is 0 Å². The van der Waals surface area contributed by atoms with Crippen molar-refractivity contribution in [3.63, 3.8) is 0 Å². The third kappa shape index (κ3) is 4.12. The highest BCUT2D eigenvalue weighted by Crippen LogP contribution is 2.28. The Kier molecular flexibility index (Phi) is 5.22. The van der Waals surface area contributed by atoms with Crippen LogP contribution in [-0.2, 0) is 6.42 Å². The maximum atomic E-state index is 13.4. The first-order chi connectivity index (χ1) is 8.75. The number of benzene rings is 1. The Balaban J connectivity index is 1.66. The fraction of sp³-hybridized carbons (Fsp3) is 0.647. The second-order valence-electron chi connectivity index (χ2n) is 5.83. The average molecular weight is 248 g/mol. The van der Waals surface area contributed by atoms with Gasteiger partial charge in [0.1, 0.15) is 5.82 Å². The van der Waals surface area contributed by atoms with Gasteiger partial charge in [-0.2, -0.15) is 0 Å². The number of unbranched alkanes of at least 4 members (excludes halogenated alkanes) is 1. The molecule has 1 saturated carbocycles. The molecule has 100 valence electrons. The Hall–Kier alpha value is -0.850. The molecule has 0 radical (unpaired) electrons. The van der Waals surface area contributed by atoms with Crippen LogP contribution in [0.2, 0.25) is 0 Å². The first-order valence-electron chi connectivity index (χ1n) is 7.51. The van der Waals surface area contributed by atoms with Gasteiger partial charge in [-0.3, -0.25) is 0 Å². The van der Waals surface area contributed by atoms with Gasteiger partial charge in [0.2, 0.25) is 0 Å². The number of aryl methyl sites for hydroxylation is 2. The van der Waals surface area contributed by atoms with Gasteiger partial charge in [-0.15, -0.1) is 0 Å². The molecule has 0 unspecified atom stereocenters. The van der Waals surface area contributed by atoms with Gasteiger partial charge >= 0.3 is 0 Å². The standard InChI is InChI=1S/C17H25F/c1-14-11-12-16(13-17(14)18)10-6-5-9-15-7-3-2-4-8-15/h11-13,15H,2-10H2,1H3. The highest BCUT2D eigenvalue weighted by atomic mass is 19.1. The average Bonchev–Trinajstić information content (AvgIpc) is 2.40. The number of hydrogen-bond acceptors (Lipinski definition) is 0. The zero-order valence-electron chi connectivity index (χ0n) is 11.6. The summed E-state index contributed by atoms with van der Waals surface area (Å²) in [4.78, 5) is 0. The zero-order valence-corrected chi connectivity index (χ0v) is 11.6. The van der Waals surface area contributed by atoms with Crippen molar-refractivity contribution in [2.24, 2.45) is 5.92 Å². The van der Waals surface area contributed by atoms with Gasteiger partial charge in [-0.1, -0.05) is 57.1 Å². The molecule has 0 bridgehead atoms. The van der Waals surface area contributed by atoms with Crippen molar-refractivity contribution in [2.45, 2.75) is 64.7 Å². The monoisotopic (exact) mass is 248 g/mol. The van der Waals surface area contributed by atoms with Gasteiger partial charge in [0.15, 0.2) is 0 Å². The van der Waals surface area contributed by atoms with Crippen LogP contribution in [0.4, 0.5) is 4.39 Å². The van der Waals surface area contributed by atoms with Gasteiger partial charge in [-0.25, -0.2) is 4.39 Å². The maximum Gasteiger partial charge on any atom is 0.126 e. The van der Waals surface area contributed by atoms with Crippen molar-refractivity contribution < 1.29 is 4.39 Å². The Morgan fingerprint density at radius 1 is 1.11 bits per heavy atom. The highest BCUT2D eigenvalue weighted by molar-refractivity contribution is 5.23. The molecule has 0 aliphatic heterocycles. The molecular weight excluding hydrogens is 223 g/mol. The molecular formula is C17H25F. The van der Waals surface area contributed by atoms with Crippen LogP contribution >= 0.6 is 0 Å². The number of hydrogen-bond donors (Lipinski definition) is 0. The third-order valence-corrected chi connectivity index (χ3v) is 4.29. The topological polar surface area (TPSA) is 0 Å². The van der Waals surface area contributed by atoms with E-state index in [1.807, 2.05) is 13.0 Å². The molecule has 1 aromatic carbocycles. The molecule has 0 N–H and O–H groups in total. The van der Waals surface area contributed by atoms with Crippen LogP contribution in [0.25, 0.3) is 0 Å². The summed E-state index contributed by atoms with van der Waals surface area (Å²) in [7, 11) is 0. The second-order valence-corrected chi connectivity index (χ2v) is 5.83. The highest BCUT2D eigenvalue weighted by Gasteiger charge is 2.12.